The van der Waals surface area contributed by atoms with Crippen molar-refractivity contribution in [1.82, 2.24) is 0 Å². The van der Waals surface area contributed by atoms with E-state index in [-0.39, 0.29) is 6.04 Å². The van der Waals surface area contributed by atoms with Gasteiger partial charge in [0.1, 0.15) is 0 Å². The lowest BCUT2D eigenvalue weighted by molar-refractivity contribution is 0.825. The van der Waals surface area contributed by atoms with E-state index in [4.69, 9.17) is 5.73 Å². The predicted octanol–water partition coefficient (Wildman–Crippen LogP) is 2.23. The maximum atomic E-state index is 5.87. The summed E-state index contributed by atoms with van der Waals surface area (Å²) in [7, 11) is 0. The van der Waals surface area contributed by atoms with Gasteiger partial charge in [0, 0.05) is 11.8 Å². The first-order chi connectivity index (χ1) is 5.65. The highest BCUT2D eigenvalue weighted by molar-refractivity contribution is 7.80. The standard InChI is InChI=1S/C10H15NS/c1-7-3-4-9(8(2)5-7)10(11)6-12/h3-5,10,12H,6,11H2,1-2H3. The molecule has 0 aliphatic heterocycles. The summed E-state index contributed by atoms with van der Waals surface area (Å²) in [5, 5.41) is 0. The molecular weight excluding hydrogens is 166 g/mol. The largest absolute Gasteiger partial charge is 0.323 e. The Balaban J connectivity index is 3.01. The minimum absolute atomic E-state index is 0.0638. The molecule has 0 radical (unpaired) electrons. The highest BCUT2D eigenvalue weighted by Crippen LogP contribution is 2.17. The van der Waals surface area contributed by atoms with Crippen LogP contribution in [0.2, 0.25) is 0 Å². The van der Waals surface area contributed by atoms with Gasteiger partial charge in [-0.15, -0.1) is 0 Å². The Morgan fingerprint density at radius 1 is 1.42 bits per heavy atom. The van der Waals surface area contributed by atoms with Gasteiger partial charge in [0.2, 0.25) is 0 Å². The fraction of sp³-hybridized carbons (Fsp3) is 0.400. The van der Waals surface area contributed by atoms with Crippen molar-refractivity contribution in [2.45, 2.75) is 19.9 Å². The molecule has 0 amide bonds. The van der Waals surface area contributed by atoms with Crippen LogP contribution in [0.1, 0.15) is 22.7 Å². The van der Waals surface area contributed by atoms with Gasteiger partial charge in [0.15, 0.2) is 0 Å². The highest BCUT2D eigenvalue weighted by Gasteiger charge is 2.05. The molecule has 1 rings (SSSR count). The van der Waals surface area contributed by atoms with Gasteiger partial charge in [0.05, 0.1) is 0 Å². The average Bonchev–Trinajstić information content (AvgIpc) is 2.03. The van der Waals surface area contributed by atoms with Crippen molar-refractivity contribution in [3.8, 4) is 0 Å². The molecule has 0 aliphatic rings. The molecule has 1 atom stereocenters. The SMILES string of the molecule is Cc1ccc(C(N)CS)c(C)c1. The third-order valence-corrected chi connectivity index (χ3v) is 2.41. The minimum Gasteiger partial charge on any atom is -0.323 e. The van der Waals surface area contributed by atoms with Crippen LogP contribution in [0, 0.1) is 13.8 Å². The Morgan fingerprint density at radius 2 is 2.08 bits per heavy atom. The number of thiol groups is 1. The van der Waals surface area contributed by atoms with E-state index in [1.807, 2.05) is 0 Å². The van der Waals surface area contributed by atoms with Crippen LogP contribution in [-0.2, 0) is 0 Å². The van der Waals surface area contributed by atoms with Gasteiger partial charge < -0.3 is 5.73 Å². The number of hydrogen-bond acceptors (Lipinski definition) is 2. The second kappa shape index (κ2) is 3.97. The second-order valence-corrected chi connectivity index (χ2v) is 3.51. The molecule has 12 heavy (non-hydrogen) atoms. The van der Waals surface area contributed by atoms with E-state index in [9.17, 15) is 0 Å². The summed E-state index contributed by atoms with van der Waals surface area (Å²) in [6.45, 7) is 4.18. The summed E-state index contributed by atoms with van der Waals surface area (Å²) in [6.07, 6.45) is 0. The summed E-state index contributed by atoms with van der Waals surface area (Å²) in [4.78, 5) is 0. The maximum absolute atomic E-state index is 5.87. The van der Waals surface area contributed by atoms with E-state index in [0.717, 1.165) is 0 Å². The quantitative estimate of drug-likeness (QED) is 0.672. The van der Waals surface area contributed by atoms with Crippen molar-refractivity contribution in [2.24, 2.45) is 5.73 Å². The monoisotopic (exact) mass is 181 g/mol. The molecule has 0 heterocycles. The van der Waals surface area contributed by atoms with Gasteiger partial charge in [-0.05, 0) is 25.0 Å². The fourth-order valence-corrected chi connectivity index (χ4v) is 1.54. The third kappa shape index (κ3) is 2.02. The lowest BCUT2D eigenvalue weighted by Crippen LogP contribution is -2.13. The fourth-order valence-electron chi connectivity index (χ4n) is 1.34. The van der Waals surface area contributed by atoms with Gasteiger partial charge in [-0.1, -0.05) is 23.8 Å². The summed E-state index contributed by atoms with van der Waals surface area (Å²) >= 11 is 4.18. The Kier molecular flexibility index (Phi) is 3.18. The normalized spacial score (nSPS) is 13.0. The van der Waals surface area contributed by atoms with E-state index in [1.165, 1.54) is 16.7 Å². The first kappa shape index (κ1) is 9.62. The Labute approximate surface area is 79.4 Å². The molecule has 1 nitrogen and oxygen atoms in total. The van der Waals surface area contributed by atoms with Crippen LogP contribution in [0.3, 0.4) is 0 Å². The smallest absolute Gasteiger partial charge is 0.0386 e. The van der Waals surface area contributed by atoms with Gasteiger partial charge in [-0.3, -0.25) is 0 Å². The third-order valence-electron chi connectivity index (χ3n) is 2.02. The second-order valence-electron chi connectivity index (χ2n) is 3.15. The van der Waals surface area contributed by atoms with Gasteiger partial charge in [-0.25, -0.2) is 0 Å². The molecule has 0 fully saturated rings. The molecule has 2 heteroatoms. The van der Waals surface area contributed by atoms with Crippen LogP contribution in [0.4, 0.5) is 0 Å². The predicted molar refractivity (Wildman–Crippen MR) is 56.7 cm³/mol. The van der Waals surface area contributed by atoms with Gasteiger partial charge >= 0.3 is 0 Å². The highest BCUT2D eigenvalue weighted by atomic mass is 32.1. The van der Waals surface area contributed by atoms with Crippen LogP contribution in [0.5, 0.6) is 0 Å². The van der Waals surface area contributed by atoms with E-state index in [1.54, 1.807) is 0 Å². The molecule has 1 aromatic carbocycles. The van der Waals surface area contributed by atoms with E-state index >= 15 is 0 Å². The Bertz CT molecular complexity index is 271. The van der Waals surface area contributed by atoms with Gasteiger partial charge in [-0.2, -0.15) is 12.6 Å². The zero-order chi connectivity index (χ0) is 9.14. The maximum Gasteiger partial charge on any atom is 0.0386 e. The molecule has 1 aromatic rings. The molecule has 0 bridgehead atoms. The number of rotatable bonds is 2. The van der Waals surface area contributed by atoms with E-state index in [0.29, 0.717) is 5.75 Å². The van der Waals surface area contributed by atoms with Crippen LogP contribution in [0.25, 0.3) is 0 Å². The molecule has 0 saturated carbocycles. The van der Waals surface area contributed by atoms with Crippen molar-refractivity contribution in [1.29, 1.82) is 0 Å². The first-order valence-electron chi connectivity index (χ1n) is 4.08. The van der Waals surface area contributed by atoms with Crippen molar-refractivity contribution < 1.29 is 0 Å². The molecule has 66 valence electrons. The van der Waals surface area contributed by atoms with Gasteiger partial charge in [0.25, 0.3) is 0 Å². The lowest BCUT2D eigenvalue weighted by atomic mass is 10.0. The molecular formula is C10H15NS. The minimum atomic E-state index is 0.0638. The summed E-state index contributed by atoms with van der Waals surface area (Å²) in [6, 6.07) is 6.39. The van der Waals surface area contributed by atoms with Crippen LogP contribution in [0.15, 0.2) is 18.2 Å². The number of hydrogen-bond donors (Lipinski definition) is 2. The zero-order valence-electron chi connectivity index (χ0n) is 7.54. The number of aryl methyl sites for hydroxylation is 2. The van der Waals surface area contributed by atoms with E-state index in [2.05, 4.69) is 44.7 Å². The van der Waals surface area contributed by atoms with Crippen LogP contribution >= 0.6 is 12.6 Å². The molecule has 0 aromatic heterocycles. The zero-order valence-corrected chi connectivity index (χ0v) is 8.44. The molecule has 0 spiro atoms. The summed E-state index contributed by atoms with van der Waals surface area (Å²) < 4.78 is 0. The number of benzene rings is 1. The van der Waals surface area contributed by atoms with Crippen molar-refractivity contribution in [3.63, 3.8) is 0 Å². The summed E-state index contributed by atoms with van der Waals surface area (Å²) in [5.74, 6) is 0.698. The summed E-state index contributed by atoms with van der Waals surface area (Å²) in [5.41, 5.74) is 9.61. The topological polar surface area (TPSA) is 26.0 Å². The molecule has 1 unspecified atom stereocenters. The lowest BCUT2D eigenvalue weighted by Gasteiger charge is -2.12. The molecule has 0 saturated heterocycles. The number of nitrogens with two attached hydrogens (primary N) is 1. The first-order valence-corrected chi connectivity index (χ1v) is 4.72. The molecule has 0 aliphatic carbocycles. The van der Waals surface area contributed by atoms with Crippen molar-refractivity contribution in [2.75, 3.05) is 5.75 Å². The van der Waals surface area contributed by atoms with Crippen LogP contribution in [-0.4, -0.2) is 5.75 Å². The Hall–Kier alpha value is -0.470. The van der Waals surface area contributed by atoms with E-state index < -0.39 is 0 Å². The van der Waals surface area contributed by atoms with Crippen LogP contribution < -0.4 is 5.73 Å². The van der Waals surface area contributed by atoms with Crippen molar-refractivity contribution >= 4 is 12.6 Å². The Morgan fingerprint density at radius 3 is 2.58 bits per heavy atom. The van der Waals surface area contributed by atoms with Crippen molar-refractivity contribution in [3.05, 3.63) is 34.9 Å². The average molecular weight is 181 g/mol. The molecule has 2 N–H and O–H groups in total.